The molecule has 2 amide bonds. The van der Waals surface area contributed by atoms with Crippen LogP contribution in [0.4, 0.5) is 5.69 Å². The van der Waals surface area contributed by atoms with Gasteiger partial charge in [-0.2, -0.15) is 0 Å². The maximum absolute atomic E-state index is 12.9. The van der Waals surface area contributed by atoms with E-state index in [1.165, 1.54) is 44.9 Å². The molecule has 3 rings (SSSR count). The normalized spacial score (nSPS) is 22.9. The quantitative estimate of drug-likeness (QED) is 0.424. The predicted octanol–water partition coefficient (Wildman–Crippen LogP) is 3.57. The lowest BCUT2D eigenvalue weighted by molar-refractivity contribution is -0.120. The summed E-state index contributed by atoms with van der Waals surface area (Å²) in [6.07, 6.45) is 9.47. The molecule has 1 aromatic carbocycles. The first-order chi connectivity index (χ1) is 14.5. The summed E-state index contributed by atoms with van der Waals surface area (Å²) < 4.78 is 0. The van der Waals surface area contributed by atoms with Gasteiger partial charge in [-0.15, -0.1) is 0 Å². The molecule has 0 unspecified atom stereocenters. The van der Waals surface area contributed by atoms with Gasteiger partial charge in [0.15, 0.2) is 0 Å². The maximum Gasteiger partial charge on any atom is 0.252 e. The molecule has 0 saturated heterocycles. The van der Waals surface area contributed by atoms with Gasteiger partial charge < -0.3 is 21.3 Å². The van der Waals surface area contributed by atoms with Gasteiger partial charge in [-0.3, -0.25) is 9.59 Å². The smallest absolute Gasteiger partial charge is 0.252 e. The van der Waals surface area contributed by atoms with E-state index in [-0.39, 0.29) is 11.8 Å². The van der Waals surface area contributed by atoms with Gasteiger partial charge in [-0.05, 0) is 48.8 Å². The molecule has 0 aromatic heterocycles. The van der Waals surface area contributed by atoms with Crippen molar-refractivity contribution in [1.82, 2.24) is 16.0 Å². The zero-order valence-electron chi connectivity index (χ0n) is 18.0. The van der Waals surface area contributed by atoms with Crippen LogP contribution in [0.2, 0.25) is 5.02 Å². The minimum Gasteiger partial charge on any atom is -0.384 e. The van der Waals surface area contributed by atoms with Crippen LogP contribution in [0, 0.1) is 11.3 Å². The summed E-state index contributed by atoms with van der Waals surface area (Å²) in [5.74, 6) is 0.792. The van der Waals surface area contributed by atoms with Gasteiger partial charge in [-0.1, -0.05) is 37.3 Å². The molecule has 0 radical (unpaired) electrons. The molecule has 0 atom stereocenters. The standard InChI is InChI=1S/C23H35ClN4O2/c1-25-21(29)8-11-26-12-13-27-18-6-7-20(24)19(14-18)22(30)28-16-23-9-2-4-17(15-23)5-3-10-23/h6-7,14,17,26-27H,2-5,8-13,15-16H2,1H3,(H,25,29)(H,28,30). The third-order valence-electron chi connectivity index (χ3n) is 6.63. The highest BCUT2D eigenvalue weighted by molar-refractivity contribution is 6.34. The zero-order chi connectivity index (χ0) is 21.4. The van der Waals surface area contributed by atoms with Crippen LogP contribution >= 0.6 is 11.6 Å². The van der Waals surface area contributed by atoms with Gasteiger partial charge in [0.25, 0.3) is 5.91 Å². The summed E-state index contributed by atoms with van der Waals surface area (Å²) in [5, 5.41) is 12.8. The van der Waals surface area contributed by atoms with E-state index in [1.807, 2.05) is 12.1 Å². The molecule has 30 heavy (non-hydrogen) atoms. The molecule has 1 aromatic rings. The van der Waals surface area contributed by atoms with Gasteiger partial charge in [0.1, 0.15) is 0 Å². The van der Waals surface area contributed by atoms with Crippen LogP contribution in [-0.2, 0) is 4.79 Å². The van der Waals surface area contributed by atoms with Crippen LogP contribution in [0.15, 0.2) is 18.2 Å². The molecule has 0 heterocycles. The number of hydrogen-bond acceptors (Lipinski definition) is 4. The van der Waals surface area contributed by atoms with Crippen LogP contribution < -0.4 is 21.3 Å². The molecule has 4 N–H and O–H groups in total. The first-order valence-electron chi connectivity index (χ1n) is 11.2. The fourth-order valence-electron chi connectivity index (χ4n) is 4.99. The van der Waals surface area contributed by atoms with E-state index in [0.29, 0.717) is 35.5 Å². The summed E-state index contributed by atoms with van der Waals surface area (Å²) in [6, 6.07) is 5.48. The van der Waals surface area contributed by atoms with E-state index < -0.39 is 0 Å². The van der Waals surface area contributed by atoms with Gasteiger partial charge in [0.05, 0.1) is 10.6 Å². The van der Waals surface area contributed by atoms with Gasteiger partial charge in [0, 0.05) is 45.3 Å². The van der Waals surface area contributed by atoms with Crippen molar-refractivity contribution in [3.05, 3.63) is 28.8 Å². The lowest BCUT2D eigenvalue weighted by Crippen LogP contribution is -2.43. The Morgan fingerprint density at radius 3 is 2.63 bits per heavy atom. The lowest BCUT2D eigenvalue weighted by atomic mass is 9.62. The molecular weight excluding hydrogens is 400 g/mol. The molecule has 7 heteroatoms. The van der Waals surface area contributed by atoms with Crippen molar-refractivity contribution < 1.29 is 9.59 Å². The third kappa shape index (κ3) is 6.35. The van der Waals surface area contributed by atoms with Crippen molar-refractivity contribution in [2.24, 2.45) is 11.3 Å². The van der Waals surface area contributed by atoms with E-state index in [1.54, 1.807) is 13.1 Å². The van der Waals surface area contributed by atoms with E-state index in [9.17, 15) is 9.59 Å². The largest absolute Gasteiger partial charge is 0.384 e. The molecule has 2 saturated carbocycles. The molecule has 0 aliphatic heterocycles. The third-order valence-corrected chi connectivity index (χ3v) is 6.96. The lowest BCUT2D eigenvalue weighted by Gasteiger charge is -2.45. The van der Waals surface area contributed by atoms with Crippen molar-refractivity contribution in [2.75, 3.05) is 38.5 Å². The summed E-state index contributed by atoms with van der Waals surface area (Å²) in [5.41, 5.74) is 1.68. The van der Waals surface area contributed by atoms with E-state index >= 15 is 0 Å². The Morgan fingerprint density at radius 1 is 1.13 bits per heavy atom. The highest BCUT2D eigenvalue weighted by Gasteiger charge is 2.39. The number of anilines is 1. The average Bonchev–Trinajstić information content (AvgIpc) is 2.75. The predicted molar refractivity (Wildman–Crippen MR) is 122 cm³/mol. The highest BCUT2D eigenvalue weighted by Crippen LogP contribution is 2.48. The van der Waals surface area contributed by atoms with Crippen LogP contribution in [0.25, 0.3) is 0 Å². The summed E-state index contributed by atoms with van der Waals surface area (Å²) in [7, 11) is 1.64. The molecule has 2 aliphatic rings. The topological polar surface area (TPSA) is 82.3 Å². The molecule has 0 spiro atoms. The Balaban J connectivity index is 1.47. The van der Waals surface area contributed by atoms with Crippen molar-refractivity contribution in [1.29, 1.82) is 0 Å². The molecule has 2 aliphatic carbocycles. The van der Waals surface area contributed by atoms with Gasteiger partial charge >= 0.3 is 0 Å². The van der Waals surface area contributed by atoms with E-state index in [2.05, 4.69) is 21.3 Å². The number of benzene rings is 1. The Bertz CT molecular complexity index is 730. The summed E-state index contributed by atoms with van der Waals surface area (Å²) in [4.78, 5) is 24.0. The van der Waals surface area contributed by atoms with Crippen molar-refractivity contribution >= 4 is 29.1 Å². The van der Waals surface area contributed by atoms with Crippen molar-refractivity contribution in [3.63, 3.8) is 0 Å². The number of carbonyl (C=O) groups excluding carboxylic acids is 2. The second-order valence-corrected chi connectivity index (χ2v) is 9.24. The fourth-order valence-corrected chi connectivity index (χ4v) is 5.19. The Labute approximate surface area is 184 Å². The van der Waals surface area contributed by atoms with Gasteiger partial charge in [0.2, 0.25) is 5.91 Å². The Kier molecular flexibility index (Phi) is 8.40. The van der Waals surface area contributed by atoms with E-state index in [4.69, 9.17) is 11.6 Å². The van der Waals surface area contributed by atoms with Crippen molar-refractivity contribution in [3.8, 4) is 0 Å². The molecule has 2 bridgehead atoms. The maximum atomic E-state index is 12.9. The zero-order valence-corrected chi connectivity index (χ0v) is 18.7. The minimum atomic E-state index is -0.0885. The number of amides is 2. The van der Waals surface area contributed by atoms with Crippen molar-refractivity contribution in [2.45, 2.75) is 51.4 Å². The minimum absolute atomic E-state index is 0.0281. The number of rotatable bonds is 10. The van der Waals surface area contributed by atoms with Crippen LogP contribution in [0.3, 0.4) is 0 Å². The molecule has 166 valence electrons. The molecule has 6 nitrogen and oxygen atoms in total. The fraction of sp³-hybridized carbons (Fsp3) is 0.652. The second kappa shape index (κ2) is 11.0. The first kappa shape index (κ1) is 22.9. The average molecular weight is 435 g/mol. The second-order valence-electron chi connectivity index (χ2n) is 8.83. The number of halogens is 1. The molecule has 2 fully saturated rings. The monoisotopic (exact) mass is 434 g/mol. The number of fused-ring (bicyclic) bond motifs is 2. The summed E-state index contributed by atoms with van der Waals surface area (Å²) >= 11 is 6.32. The molecular formula is C23H35ClN4O2. The number of hydrogen-bond donors (Lipinski definition) is 4. The van der Waals surface area contributed by atoms with E-state index in [0.717, 1.165) is 24.7 Å². The Morgan fingerprint density at radius 2 is 1.90 bits per heavy atom. The van der Waals surface area contributed by atoms with Gasteiger partial charge in [-0.25, -0.2) is 0 Å². The summed E-state index contributed by atoms with van der Waals surface area (Å²) in [6.45, 7) is 2.82. The SMILES string of the molecule is CNC(=O)CCNCCNc1ccc(Cl)c(C(=O)NCC23CCCC(CCC2)C3)c1. The van der Waals surface area contributed by atoms with Crippen LogP contribution in [-0.4, -0.2) is 45.0 Å². The number of nitrogens with one attached hydrogen (secondary N) is 4. The number of carbonyl (C=O) groups is 2. The van der Waals surface area contributed by atoms with Crippen LogP contribution in [0.1, 0.15) is 61.7 Å². The van der Waals surface area contributed by atoms with Crippen LogP contribution in [0.5, 0.6) is 0 Å². The highest BCUT2D eigenvalue weighted by atomic mass is 35.5. The first-order valence-corrected chi connectivity index (χ1v) is 11.6. The Hall–Kier alpha value is -1.79.